The zero-order valence-corrected chi connectivity index (χ0v) is 15.4. The predicted octanol–water partition coefficient (Wildman–Crippen LogP) is 4.68. The Bertz CT molecular complexity index is 714. The van der Waals surface area contributed by atoms with E-state index in [0.717, 1.165) is 27.8 Å². The Hall–Kier alpha value is -1.82. The molecule has 2 heterocycles. The van der Waals surface area contributed by atoms with Gasteiger partial charge in [0.05, 0.1) is 17.9 Å². The monoisotopic (exact) mass is 347 g/mol. The molecule has 0 unspecified atom stereocenters. The molecule has 0 saturated heterocycles. The van der Waals surface area contributed by atoms with E-state index in [0.29, 0.717) is 18.2 Å². The normalized spacial score (nSPS) is 15.5. The van der Waals surface area contributed by atoms with Crippen molar-refractivity contribution in [3.8, 4) is 11.3 Å². The fraction of sp³-hybridized carbons (Fsp3) is 0.556. The van der Waals surface area contributed by atoms with Crippen LogP contribution in [0, 0.1) is 13.8 Å². The first-order valence-corrected chi connectivity index (χ1v) is 9.56. The summed E-state index contributed by atoms with van der Waals surface area (Å²) in [6.45, 7) is 6.06. The lowest BCUT2D eigenvalue weighted by Crippen LogP contribution is -2.22. The van der Waals surface area contributed by atoms with Crippen LogP contribution in [-0.2, 0) is 4.74 Å². The summed E-state index contributed by atoms with van der Waals surface area (Å²) in [7, 11) is 0. The third kappa shape index (κ3) is 3.48. The highest BCUT2D eigenvalue weighted by Crippen LogP contribution is 2.33. The summed E-state index contributed by atoms with van der Waals surface area (Å²) in [4.78, 5) is 20.3. The number of nitrogens with one attached hydrogen (secondary N) is 2. The van der Waals surface area contributed by atoms with Gasteiger partial charge in [0.2, 0.25) is 0 Å². The number of carbonyl (C=O) groups excluding carboxylic acids is 1. The van der Waals surface area contributed by atoms with Crippen molar-refractivity contribution >= 4 is 22.4 Å². The van der Waals surface area contributed by atoms with E-state index in [4.69, 9.17) is 9.72 Å². The molecule has 130 valence electrons. The van der Waals surface area contributed by atoms with Gasteiger partial charge in [0, 0.05) is 28.4 Å². The highest BCUT2D eigenvalue weighted by Gasteiger charge is 2.24. The third-order valence-corrected chi connectivity index (χ3v) is 5.32. The van der Waals surface area contributed by atoms with Crippen molar-refractivity contribution in [2.45, 2.75) is 58.9 Å². The van der Waals surface area contributed by atoms with E-state index in [1.807, 2.05) is 26.2 Å². The topological polar surface area (TPSA) is 67.0 Å². The van der Waals surface area contributed by atoms with Crippen LogP contribution in [0.25, 0.3) is 11.3 Å². The fourth-order valence-electron chi connectivity index (χ4n) is 3.44. The lowest BCUT2D eigenvalue weighted by Gasteiger charge is -2.22. The van der Waals surface area contributed by atoms with Gasteiger partial charge in [-0.15, -0.1) is 11.3 Å². The zero-order valence-electron chi connectivity index (χ0n) is 14.6. The van der Waals surface area contributed by atoms with Crippen molar-refractivity contribution in [3.05, 3.63) is 22.3 Å². The number of aryl methyl sites for hydroxylation is 2. The molecule has 0 amide bonds. The van der Waals surface area contributed by atoms with Crippen LogP contribution in [0.2, 0.25) is 0 Å². The Morgan fingerprint density at radius 1 is 1.33 bits per heavy atom. The second-order valence-corrected chi connectivity index (χ2v) is 7.22. The number of anilines is 1. The molecule has 2 aromatic heterocycles. The standard InChI is InChI=1S/C18H25N3O2S/c1-4-23-17(22)16-12(3)19-11(2)15(16)14-10-24-18(21-14)20-13-8-6-5-7-9-13/h10,13,19H,4-9H2,1-3H3,(H,20,21). The number of rotatable bonds is 5. The highest BCUT2D eigenvalue weighted by atomic mass is 32.1. The number of aromatic amines is 1. The summed E-state index contributed by atoms with van der Waals surface area (Å²) in [5.74, 6) is -0.288. The number of hydrogen-bond acceptors (Lipinski definition) is 5. The lowest BCUT2D eigenvalue weighted by molar-refractivity contribution is 0.0526. The number of esters is 1. The van der Waals surface area contributed by atoms with Gasteiger partial charge in [-0.2, -0.15) is 0 Å². The van der Waals surface area contributed by atoms with Gasteiger partial charge in [-0.1, -0.05) is 19.3 Å². The van der Waals surface area contributed by atoms with Crippen LogP contribution < -0.4 is 5.32 Å². The van der Waals surface area contributed by atoms with E-state index < -0.39 is 0 Å². The molecule has 1 saturated carbocycles. The Morgan fingerprint density at radius 3 is 2.79 bits per heavy atom. The quantitative estimate of drug-likeness (QED) is 0.771. The summed E-state index contributed by atoms with van der Waals surface area (Å²) in [6, 6.07) is 0.524. The Kier molecular flexibility index (Phi) is 5.23. The number of carbonyl (C=O) groups is 1. The average Bonchev–Trinajstić information content (AvgIpc) is 3.12. The van der Waals surface area contributed by atoms with Crippen molar-refractivity contribution in [1.82, 2.24) is 9.97 Å². The van der Waals surface area contributed by atoms with Crippen molar-refractivity contribution in [3.63, 3.8) is 0 Å². The molecule has 0 aliphatic heterocycles. The van der Waals surface area contributed by atoms with Gasteiger partial charge in [0.1, 0.15) is 0 Å². The summed E-state index contributed by atoms with van der Waals surface area (Å²) in [5.41, 5.74) is 4.08. The van der Waals surface area contributed by atoms with Crippen LogP contribution in [0.3, 0.4) is 0 Å². The second-order valence-electron chi connectivity index (χ2n) is 6.36. The minimum Gasteiger partial charge on any atom is -0.462 e. The Morgan fingerprint density at radius 2 is 2.08 bits per heavy atom. The molecule has 1 aliphatic rings. The van der Waals surface area contributed by atoms with Crippen molar-refractivity contribution < 1.29 is 9.53 Å². The number of H-pyrrole nitrogens is 1. The maximum Gasteiger partial charge on any atom is 0.340 e. The summed E-state index contributed by atoms with van der Waals surface area (Å²) in [5, 5.41) is 6.50. The van der Waals surface area contributed by atoms with Gasteiger partial charge in [-0.25, -0.2) is 9.78 Å². The van der Waals surface area contributed by atoms with Gasteiger partial charge < -0.3 is 15.0 Å². The molecule has 0 bridgehead atoms. The minimum absolute atomic E-state index is 0.288. The minimum atomic E-state index is -0.288. The molecule has 6 heteroatoms. The molecule has 2 aromatic rings. The molecule has 3 rings (SSSR count). The highest BCUT2D eigenvalue weighted by molar-refractivity contribution is 7.14. The van der Waals surface area contributed by atoms with Gasteiger partial charge >= 0.3 is 5.97 Å². The predicted molar refractivity (Wildman–Crippen MR) is 97.8 cm³/mol. The molecular formula is C18H25N3O2S. The molecule has 2 N–H and O–H groups in total. The van der Waals surface area contributed by atoms with E-state index in [9.17, 15) is 4.79 Å². The first-order valence-electron chi connectivity index (χ1n) is 8.68. The van der Waals surface area contributed by atoms with E-state index in [1.165, 1.54) is 32.1 Å². The first-order chi connectivity index (χ1) is 11.6. The number of thiazole rings is 1. The summed E-state index contributed by atoms with van der Waals surface area (Å²) in [6.07, 6.45) is 6.35. The van der Waals surface area contributed by atoms with Crippen LogP contribution in [0.4, 0.5) is 5.13 Å². The van der Waals surface area contributed by atoms with E-state index >= 15 is 0 Å². The number of ether oxygens (including phenoxy) is 1. The van der Waals surface area contributed by atoms with Gasteiger partial charge in [0.25, 0.3) is 0 Å². The molecule has 1 fully saturated rings. The number of nitrogens with zero attached hydrogens (tertiary/aromatic N) is 1. The smallest absolute Gasteiger partial charge is 0.340 e. The van der Waals surface area contributed by atoms with Crippen LogP contribution in [0.15, 0.2) is 5.38 Å². The van der Waals surface area contributed by atoms with E-state index in [-0.39, 0.29) is 5.97 Å². The number of aromatic nitrogens is 2. The average molecular weight is 347 g/mol. The van der Waals surface area contributed by atoms with Crippen molar-refractivity contribution in [1.29, 1.82) is 0 Å². The third-order valence-electron chi connectivity index (χ3n) is 4.55. The first kappa shape index (κ1) is 17.0. The van der Waals surface area contributed by atoms with Crippen LogP contribution in [-0.4, -0.2) is 28.6 Å². The maximum atomic E-state index is 12.3. The molecule has 24 heavy (non-hydrogen) atoms. The Balaban J connectivity index is 1.85. The van der Waals surface area contributed by atoms with Crippen LogP contribution >= 0.6 is 11.3 Å². The van der Waals surface area contributed by atoms with Crippen LogP contribution in [0.5, 0.6) is 0 Å². The SMILES string of the molecule is CCOC(=O)c1c(C)[nH]c(C)c1-c1csc(NC2CCCCC2)n1. The van der Waals surface area contributed by atoms with Crippen LogP contribution in [0.1, 0.15) is 60.8 Å². The van der Waals surface area contributed by atoms with Gasteiger partial charge in [-0.3, -0.25) is 0 Å². The molecule has 0 aromatic carbocycles. The largest absolute Gasteiger partial charge is 0.462 e. The lowest BCUT2D eigenvalue weighted by atomic mass is 9.96. The molecular weight excluding hydrogens is 322 g/mol. The molecule has 5 nitrogen and oxygen atoms in total. The zero-order chi connectivity index (χ0) is 17.1. The molecule has 0 spiro atoms. The summed E-state index contributed by atoms with van der Waals surface area (Å²) < 4.78 is 5.21. The molecule has 0 atom stereocenters. The van der Waals surface area contributed by atoms with Gasteiger partial charge in [-0.05, 0) is 33.6 Å². The maximum absolute atomic E-state index is 12.3. The van der Waals surface area contributed by atoms with E-state index in [1.54, 1.807) is 11.3 Å². The second kappa shape index (κ2) is 7.38. The van der Waals surface area contributed by atoms with Gasteiger partial charge in [0.15, 0.2) is 5.13 Å². The summed E-state index contributed by atoms with van der Waals surface area (Å²) >= 11 is 1.60. The molecule has 0 radical (unpaired) electrons. The van der Waals surface area contributed by atoms with Crippen molar-refractivity contribution in [2.24, 2.45) is 0 Å². The number of hydrogen-bond donors (Lipinski definition) is 2. The van der Waals surface area contributed by atoms with E-state index in [2.05, 4.69) is 10.3 Å². The molecule has 1 aliphatic carbocycles. The Labute approximate surface area is 146 Å². The van der Waals surface area contributed by atoms with Crippen molar-refractivity contribution in [2.75, 3.05) is 11.9 Å². The fourth-order valence-corrected chi connectivity index (χ4v) is 4.22.